The molecule has 0 aromatic carbocycles. The molecule has 0 bridgehead atoms. The molecule has 15 heavy (non-hydrogen) atoms. The SMILES string of the molecule is CCC1(CC)CN(CC(C)C)C(C)CN1. The molecule has 0 radical (unpaired) electrons. The van der Waals surface area contributed by atoms with E-state index in [0.29, 0.717) is 11.6 Å². The minimum atomic E-state index is 0.376. The summed E-state index contributed by atoms with van der Waals surface area (Å²) in [4.78, 5) is 2.66. The van der Waals surface area contributed by atoms with E-state index >= 15 is 0 Å². The van der Waals surface area contributed by atoms with Gasteiger partial charge in [0.1, 0.15) is 0 Å². The molecule has 1 saturated heterocycles. The lowest BCUT2D eigenvalue weighted by molar-refractivity contribution is 0.0711. The summed E-state index contributed by atoms with van der Waals surface area (Å²) >= 11 is 0. The largest absolute Gasteiger partial charge is 0.308 e. The summed E-state index contributed by atoms with van der Waals surface area (Å²) in [6, 6.07) is 0.693. The number of rotatable bonds is 4. The fourth-order valence-corrected chi connectivity index (χ4v) is 2.53. The van der Waals surface area contributed by atoms with E-state index in [0.717, 1.165) is 12.5 Å². The predicted molar refractivity (Wildman–Crippen MR) is 67.2 cm³/mol. The third kappa shape index (κ3) is 3.18. The van der Waals surface area contributed by atoms with E-state index in [2.05, 4.69) is 44.8 Å². The average molecular weight is 212 g/mol. The number of nitrogens with zero attached hydrogens (tertiary/aromatic N) is 1. The highest BCUT2D eigenvalue weighted by molar-refractivity contribution is 4.95. The van der Waals surface area contributed by atoms with Crippen molar-refractivity contribution in [2.45, 2.75) is 59.0 Å². The van der Waals surface area contributed by atoms with E-state index in [1.165, 1.54) is 25.9 Å². The molecule has 0 aromatic rings. The van der Waals surface area contributed by atoms with Gasteiger partial charge < -0.3 is 5.32 Å². The summed E-state index contributed by atoms with van der Waals surface area (Å²) in [5.74, 6) is 0.775. The van der Waals surface area contributed by atoms with Gasteiger partial charge in [-0.05, 0) is 25.7 Å². The third-order valence-electron chi connectivity index (χ3n) is 3.85. The van der Waals surface area contributed by atoms with Gasteiger partial charge in [0.2, 0.25) is 0 Å². The molecule has 0 aliphatic carbocycles. The first-order chi connectivity index (χ1) is 7.03. The van der Waals surface area contributed by atoms with Crippen molar-refractivity contribution in [2.24, 2.45) is 5.92 Å². The molecule has 1 heterocycles. The summed E-state index contributed by atoms with van der Waals surface area (Å²) in [7, 11) is 0. The number of hydrogen-bond acceptors (Lipinski definition) is 2. The van der Waals surface area contributed by atoms with Crippen LogP contribution in [0.5, 0.6) is 0 Å². The molecule has 1 N–H and O–H groups in total. The van der Waals surface area contributed by atoms with Crippen LogP contribution >= 0.6 is 0 Å². The lowest BCUT2D eigenvalue weighted by Crippen LogP contribution is -2.63. The molecular weight excluding hydrogens is 184 g/mol. The van der Waals surface area contributed by atoms with Crippen LogP contribution in [0.3, 0.4) is 0 Å². The lowest BCUT2D eigenvalue weighted by Gasteiger charge is -2.47. The van der Waals surface area contributed by atoms with Gasteiger partial charge in [0.15, 0.2) is 0 Å². The molecule has 2 nitrogen and oxygen atoms in total. The standard InChI is InChI=1S/C13H28N2/c1-6-13(7-2)10-15(9-11(3)4)12(5)8-14-13/h11-12,14H,6-10H2,1-5H3. The molecule has 1 fully saturated rings. The molecule has 0 saturated carbocycles. The van der Waals surface area contributed by atoms with Crippen molar-refractivity contribution < 1.29 is 0 Å². The van der Waals surface area contributed by atoms with Crippen LogP contribution in [-0.2, 0) is 0 Å². The predicted octanol–water partition coefficient (Wildman–Crippen LogP) is 2.49. The van der Waals surface area contributed by atoms with Gasteiger partial charge in [0, 0.05) is 31.2 Å². The molecule has 1 aliphatic heterocycles. The second-order valence-electron chi connectivity index (χ2n) is 5.54. The monoisotopic (exact) mass is 212 g/mol. The summed E-state index contributed by atoms with van der Waals surface area (Å²) in [6.45, 7) is 15.2. The van der Waals surface area contributed by atoms with Crippen LogP contribution < -0.4 is 5.32 Å². The second kappa shape index (κ2) is 5.31. The molecular formula is C13H28N2. The molecule has 1 rings (SSSR count). The van der Waals surface area contributed by atoms with E-state index in [-0.39, 0.29) is 0 Å². The maximum atomic E-state index is 3.74. The fraction of sp³-hybridized carbons (Fsp3) is 1.00. The zero-order valence-corrected chi connectivity index (χ0v) is 11.1. The molecule has 1 aliphatic rings. The molecule has 90 valence electrons. The molecule has 0 aromatic heterocycles. The normalized spacial score (nSPS) is 27.2. The Morgan fingerprint density at radius 2 is 1.93 bits per heavy atom. The maximum absolute atomic E-state index is 3.74. The maximum Gasteiger partial charge on any atom is 0.0304 e. The Morgan fingerprint density at radius 1 is 1.33 bits per heavy atom. The van der Waals surface area contributed by atoms with Gasteiger partial charge in [-0.25, -0.2) is 0 Å². The van der Waals surface area contributed by atoms with E-state index < -0.39 is 0 Å². The number of piperazine rings is 1. The first-order valence-electron chi connectivity index (χ1n) is 6.52. The minimum absolute atomic E-state index is 0.376. The summed E-state index contributed by atoms with van der Waals surface area (Å²) in [6.07, 6.45) is 2.48. The minimum Gasteiger partial charge on any atom is -0.308 e. The van der Waals surface area contributed by atoms with Gasteiger partial charge in [-0.2, -0.15) is 0 Å². The van der Waals surface area contributed by atoms with Gasteiger partial charge >= 0.3 is 0 Å². The third-order valence-corrected chi connectivity index (χ3v) is 3.85. The highest BCUT2D eigenvalue weighted by Gasteiger charge is 2.34. The van der Waals surface area contributed by atoms with Crippen LogP contribution in [0, 0.1) is 5.92 Å². The van der Waals surface area contributed by atoms with E-state index in [4.69, 9.17) is 0 Å². The van der Waals surface area contributed by atoms with Crippen molar-refractivity contribution in [3.63, 3.8) is 0 Å². The molecule has 0 amide bonds. The van der Waals surface area contributed by atoms with Crippen LogP contribution in [0.2, 0.25) is 0 Å². The smallest absolute Gasteiger partial charge is 0.0304 e. The van der Waals surface area contributed by atoms with Crippen LogP contribution in [0.4, 0.5) is 0 Å². The Bertz CT molecular complexity index is 185. The molecule has 1 unspecified atom stereocenters. The van der Waals surface area contributed by atoms with Gasteiger partial charge in [0.05, 0.1) is 0 Å². The van der Waals surface area contributed by atoms with Crippen molar-refractivity contribution in [1.82, 2.24) is 10.2 Å². The average Bonchev–Trinajstić information content (AvgIpc) is 2.21. The van der Waals surface area contributed by atoms with Gasteiger partial charge in [-0.15, -0.1) is 0 Å². The summed E-state index contributed by atoms with van der Waals surface area (Å²) in [5.41, 5.74) is 0.376. The topological polar surface area (TPSA) is 15.3 Å². The van der Waals surface area contributed by atoms with Crippen LogP contribution in [-0.4, -0.2) is 36.1 Å². The number of nitrogens with one attached hydrogen (secondary N) is 1. The van der Waals surface area contributed by atoms with Crippen LogP contribution in [0.15, 0.2) is 0 Å². The van der Waals surface area contributed by atoms with E-state index in [9.17, 15) is 0 Å². The highest BCUT2D eigenvalue weighted by Crippen LogP contribution is 2.23. The first kappa shape index (κ1) is 13.0. The highest BCUT2D eigenvalue weighted by atomic mass is 15.2. The van der Waals surface area contributed by atoms with Crippen molar-refractivity contribution in [1.29, 1.82) is 0 Å². The lowest BCUT2D eigenvalue weighted by atomic mass is 9.88. The quantitative estimate of drug-likeness (QED) is 0.770. The van der Waals surface area contributed by atoms with Crippen molar-refractivity contribution in [2.75, 3.05) is 19.6 Å². The molecule has 1 atom stereocenters. The fourth-order valence-electron chi connectivity index (χ4n) is 2.53. The zero-order valence-electron chi connectivity index (χ0n) is 11.1. The van der Waals surface area contributed by atoms with Crippen molar-refractivity contribution in [3.05, 3.63) is 0 Å². The van der Waals surface area contributed by atoms with Gasteiger partial charge in [-0.3, -0.25) is 4.90 Å². The van der Waals surface area contributed by atoms with Gasteiger partial charge in [0.25, 0.3) is 0 Å². The van der Waals surface area contributed by atoms with E-state index in [1.54, 1.807) is 0 Å². The molecule has 0 spiro atoms. The zero-order chi connectivity index (χ0) is 11.5. The van der Waals surface area contributed by atoms with Crippen molar-refractivity contribution in [3.8, 4) is 0 Å². The summed E-state index contributed by atoms with van der Waals surface area (Å²) < 4.78 is 0. The second-order valence-corrected chi connectivity index (χ2v) is 5.54. The molecule has 2 heteroatoms. The summed E-state index contributed by atoms with van der Waals surface area (Å²) in [5, 5.41) is 3.74. The first-order valence-corrected chi connectivity index (χ1v) is 6.52. The van der Waals surface area contributed by atoms with Crippen molar-refractivity contribution >= 4 is 0 Å². The van der Waals surface area contributed by atoms with Crippen LogP contribution in [0.25, 0.3) is 0 Å². The van der Waals surface area contributed by atoms with Crippen LogP contribution in [0.1, 0.15) is 47.5 Å². The van der Waals surface area contributed by atoms with E-state index in [1.807, 2.05) is 0 Å². The Morgan fingerprint density at radius 3 is 2.40 bits per heavy atom. The Kier molecular flexibility index (Phi) is 4.60. The number of hydrogen-bond donors (Lipinski definition) is 1. The Labute approximate surface area is 95.4 Å². The Balaban J connectivity index is 2.62. The Hall–Kier alpha value is -0.0800. The van der Waals surface area contributed by atoms with Gasteiger partial charge in [-0.1, -0.05) is 27.7 Å².